The van der Waals surface area contributed by atoms with E-state index in [0.717, 1.165) is 36.8 Å². The van der Waals surface area contributed by atoms with Gasteiger partial charge in [0.25, 0.3) is 0 Å². The number of hydrogen-bond donors (Lipinski definition) is 0. The number of hydrogen-bond acceptors (Lipinski definition) is 3. The second kappa shape index (κ2) is 7.07. The predicted octanol–water partition coefficient (Wildman–Crippen LogP) is 3.13. The smallest absolute Gasteiger partial charge is 0.0702 e. The van der Waals surface area contributed by atoms with Crippen molar-refractivity contribution in [1.82, 2.24) is 9.88 Å². The molecule has 1 aromatic rings. The van der Waals surface area contributed by atoms with E-state index in [4.69, 9.17) is 16.3 Å². The van der Waals surface area contributed by atoms with E-state index >= 15 is 0 Å². The fourth-order valence-electron chi connectivity index (χ4n) is 2.32. The zero-order valence-electron chi connectivity index (χ0n) is 10.9. The van der Waals surface area contributed by atoms with Gasteiger partial charge in [-0.3, -0.25) is 9.88 Å². The average Bonchev–Trinajstić information content (AvgIpc) is 2.41. The summed E-state index contributed by atoms with van der Waals surface area (Å²) in [4.78, 5) is 6.40. The van der Waals surface area contributed by atoms with Gasteiger partial charge >= 0.3 is 0 Å². The molecule has 0 radical (unpaired) electrons. The van der Waals surface area contributed by atoms with Crippen molar-refractivity contribution in [2.24, 2.45) is 0 Å². The highest BCUT2D eigenvalue weighted by molar-refractivity contribution is 6.31. The van der Waals surface area contributed by atoms with Crippen LogP contribution >= 0.6 is 11.6 Å². The fourth-order valence-corrected chi connectivity index (χ4v) is 2.50. The Morgan fingerprint density at radius 1 is 1.50 bits per heavy atom. The minimum Gasteiger partial charge on any atom is -0.377 e. The summed E-state index contributed by atoms with van der Waals surface area (Å²) >= 11 is 6.15. The molecule has 1 saturated heterocycles. The van der Waals surface area contributed by atoms with Gasteiger partial charge in [-0.25, -0.2) is 0 Å². The highest BCUT2D eigenvalue weighted by Gasteiger charge is 2.17. The van der Waals surface area contributed by atoms with Gasteiger partial charge in [-0.2, -0.15) is 0 Å². The van der Waals surface area contributed by atoms with Crippen LogP contribution in [0.1, 0.15) is 31.7 Å². The molecule has 0 amide bonds. The Balaban J connectivity index is 1.90. The number of pyridine rings is 1. The van der Waals surface area contributed by atoms with Crippen LogP contribution in [0.25, 0.3) is 0 Å². The van der Waals surface area contributed by atoms with Gasteiger partial charge in [-0.1, -0.05) is 18.5 Å². The molecule has 0 saturated carbocycles. The van der Waals surface area contributed by atoms with Crippen molar-refractivity contribution < 1.29 is 4.74 Å². The van der Waals surface area contributed by atoms with Crippen LogP contribution in [0.3, 0.4) is 0 Å². The van der Waals surface area contributed by atoms with Crippen LogP contribution in [0.5, 0.6) is 0 Å². The molecule has 0 aliphatic carbocycles. The van der Waals surface area contributed by atoms with Crippen molar-refractivity contribution in [3.63, 3.8) is 0 Å². The number of halogens is 1. The van der Waals surface area contributed by atoms with Crippen LogP contribution in [0.15, 0.2) is 18.5 Å². The molecule has 100 valence electrons. The summed E-state index contributed by atoms with van der Waals surface area (Å²) in [5.41, 5.74) is 1.14. The van der Waals surface area contributed by atoms with Gasteiger partial charge in [-0.15, -0.1) is 0 Å². The SMILES string of the molecule is CCN(Cc1ccncc1Cl)C[C@H]1CCCCO1. The van der Waals surface area contributed by atoms with Crippen LogP contribution in [-0.4, -0.2) is 35.7 Å². The molecule has 0 unspecified atom stereocenters. The molecular formula is C14H21ClN2O. The third-order valence-corrected chi connectivity index (χ3v) is 3.77. The summed E-state index contributed by atoms with van der Waals surface area (Å²) in [6.07, 6.45) is 7.57. The molecule has 2 rings (SSSR count). The van der Waals surface area contributed by atoms with E-state index in [1.54, 1.807) is 12.4 Å². The first-order chi connectivity index (χ1) is 8.79. The number of ether oxygens (including phenoxy) is 1. The number of aromatic nitrogens is 1. The van der Waals surface area contributed by atoms with E-state index in [9.17, 15) is 0 Å². The first-order valence-electron chi connectivity index (χ1n) is 6.72. The van der Waals surface area contributed by atoms with Crippen molar-refractivity contribution in [2.45, 2.75) is 38.8 Å². The molecule has 1 atom stereocenters. The third kappa shape index (κ3) is 3.94. The molecule has 3 nitrogen and oxygen atoms in total. The van der Waals surface area contributed by atoms with Gasteiger partial charge in [0.05, 0.1) is 11.1 Å². The maximum Gasteiger partial charge on any atom is 0.0702 e. The Kier molecular flexibility index (Phi) is 5.42. The lowest BCUT2D eigenvalue weighted by Crippen LogP contribution is -2.35. The van der Waals surface area contributed by atoms with E-state index in [2.05, 4.69) is 16.8 Å². The molecule has 1 fully saturated rings. The summed E-state index contributed by atoms with van der Waals surface area (Å²) < 4.78 is 5.79. The standard InChI is InChI=1S/C14H21ClN2O/c1-2-17(11-13-5-3-4-8-18-13)10-12-6-7-16-9-14(12)15/h6-7,9,13H,2-5,8,10-11H2,1H3/t13-/m1/s1. The maximum absolute atomic E-state index is 6.15. The fraction of sp³-hybridized carbons (Fsp3) is 0.643. The topological polar surface area (TPSA) is 25.4 Å². The number of nitrogens with zero attached hydrogens (tertiary/aromatic N) is 2. The van der Waals surface area contributed by atoms with E-state index in [1.165, 1.54) is 19.3 Å². The van der Waals surface area contributed by atoms with Crippen molar-refractivity contribution in [3.8, 4) is 0 Å². The Labute approximate surface area is 114 Å². The van der Waals surface area contributed by atoms with Crippen molar-refractivity contribution in [3.05, 3.63) is 29.0 Å². The molecule has 0 aromatic carbocycles. The number of likely N-dealkylation sites (N-methyl/N-ethyl adjacent to an activating group) is 1. The lowest BCUT2D eigenvalue weighted by Gasteiger charge is -2.29. The molecule has 4 heteroatoms. The van der Waals surface area contributed by atoms with Crippen LogP contribution in [-0.2, 0) is 11.3 Å². The average molecular weight is 269 g/mol. The van der Waals surface area contributed by atoms with E-state index in [-0.39, 0.29) is 0 Å². The first-order valence-corrected chi connectivity index (χ1v) is 7.09. The quantitative estimate of drug-likeness (QED) is 0.820. The highest BCUT2D eigenvalue weighted by Crippen LogP contribution is 2.18. The Morgan fingerprint density at radius 2 is 2.39 bits per heavy atom. The largest absolute Gasteiger partial charge is 0.377 e. The van der Waals surface area contributed by atoms with Gasteiger partial charge in [0.15, 0.2) is 0 Å². The Hall–Kier alpha value is -0.640. The molecule has 1 aliphatic rings. The second-order valence-corrected chi connectivity index (χ2v) is 5.19. The lowest BCUT2D eigenvalue weighted by atomic mass is 10.1. The summed E-state index contributed by atoms with van der Waals surface area (Å²) in [5.74, 6) is 0. The lowest BCUT2D eigenvalue weighted by molar-refractivity contribution is -0.00623. The van der Waals surface area contributed by atoms with Crippen LogP contribution in [0, 0.1) is 0 Å². The van der Waals surface area contributed by atoms with Crippen LogP contribution in [0.4, 0.5) is 0 Å². The Morgan fingerprint density at radius 3 is 3.06 bits per heavy atom. The van der Waals surface area contributed by atoms with E-state index in [0.29, 0.717) is 6.10 Å². The normalized spacial score (nSPS) is 20.3. The monoisotopic (exact) mass is 268 g/mol. The van der Waals surface area contributed by atoms with Gasteiger partial charge < -0.3 is 4.74 Å². The molecule has 18 heavy (non-hydrogen) atoms. The molecule has 1 aromatic heterocycles. The molecule has 2 heterocycles. The first kappa shape index (κ1) is 13.8. The molecule has 0 spiro atoms. The predicted molar refractivity (Wildman–Crippen MR) is 73.8 cm³/mol. The number of rotatable bonds is 5. The van der Waals surface area contributed by atoms with Gasteiger partial charge in [-0.05, 0) is 37.4 Å². The summed E-state index contributed by atoms with van der Waals surface area (Å²) in [6, 6.07) is 1.99. The van der Waals surface area contributed by atoms with Gasteiger partial charge in [0.1, 0.15) is 0 Å². The third-order valence-electron chi connectivity index (χ3n) is 3.43. The maximum atomic E-state index is 6.15. The van der Waals surface area contributed by atoms with Crippen molar-refractivity contribution >= 4 is 11.6 Å². The highest BCUT2D eigenvalue weighted by atomic mass is 35.5. The summed E-state index contributed by atoms with van der Waals surface area (Å²) in [6.45, 7) is 5.97. The molecular weight excluding hydrogens is 248 g/mol. The Bertz CT molecular complexity index is 367. The van der Waals surface area contributed by atoms with Crippen LogP contribution < -0.4 is 0 Å². The van der Waals surface area contributed by atoms with Crippen molar-refractivity contribution in [2.75, 3.05) is 19.7 Å². The summed E-state index contributed by atoms with van der Waals surface area (Å²) in [7, 11) is 0. The molecule has 0 N–H and O–H groups in total. The molecule has 1 aliphatic heterocycles. The van der Waals surface area contributed by atoms with Gasteiger partial charge in [0, 0.05) is 32.1 Å². The minimum absolute atomic E-state index is 0.388. The zero-order chi connectivity index (χ0) is 12.8. The van der Waals surface area contributed by atoms with E-state index in [1.807, 2.05) is 6.07 Å². The minimum atomic E-state index is 0.388. The van der Waals surface area contributed by atoms with Gasteiger partial charge in [0.2, 0.25) is 0 Å². The second-order valence-electron chi connectivity index (χ2n) is 4.78. The van der Waals surface area contributed by atoms with Crippen LogP contribution in [0.2, 0.25) is 5.02 Å². The summed E-state index contributed by atoms with van der Waals surface area (Å²) in [5, 5.41) is 0.750. The van der Waals surface area contributed by atoms with Crippen molar-refractivity contribution in [1.29, 1.82) is 0 Å². The molecule has 0 bridgehead atoms. The zero-order valence-corrected chi connectivity index (χ0v) is 11.7. The van der Waals surface area contributed by atoms with E-state index < -0.39 is 0 Å².